The summed E-state index contributed by atoms with van der Waals surface area (Å²) in [5.41, 5.74) is 4.94. The SMILES string of the molecule is Cc1cc(C(NN)C(C)C)nn1C. The highest BCUT2D eigenvalue weighted by molar-refractivity contribution is 5.12. The molecule has 0 aromatic carbocycles. The van der Waals surface area contributed by atoms with Crippen molar-refractivity contribution in [1.29, 1.82) is 0 Å². The third-order valence-electron chi connectivity index (χ3n) is 2.30. The smallest absolute Gasteiger partial charge is 0.0812 e. The predicted molar refractivity (Wildman–Crippen MR) is 52.8 cm³/mol. The Labute approximate surface area is 79.1 Å². The van der Waals surface area contributed by atoms with Gasteiger partial charge in [0.2, 0.25) is 0 Å². The molecule has 0 amide bonds. The summed E-state index contributed by atoms with van der Waals surface area (Å²) in [6, 6.07) is 2.20. The summed E-state index contributed by atoms with van der Waals surface area (Å²) < 4.78 is 1.86. The Bertz CT molecular complexity index is 258. The van der Waals surface area contributed by atoms with Gasteiger partial charge in [0.05, 0.1) is 11.7 Å². The van der Waals surface area contributed by atoms with Crippen LogP contribution in [0.25, 0.3) is 0 Å². The number of nitrogens with two attached hydrogens (primary N) is 1. The zero-order chi connectivity index (χ0) is 10.0. The molecule has 0 saturated carbocycles. The molecule has 74 valence electrons. The average Bonchev–Trinajstić information content (AvgIpc) is 2.32. The Hall–Kier alpha value is -0.870. The summed E-state index contributed by atoms with van der Waals surface area (Å²) >= 11 is 0. The van der Waals surface area contributed by atoms with Gasteiger partial charge in [-0.2, -0.15) is 5.10 Å². The molecule has 4 heteroatoms. The largest absolute Gasteiger partial charge is 0.273 e. The molecular weight excluding hydrogens is 164 g/mol. The number of hydrogen-bond donors (Lipinski definition) is 2. The van der Waals surface area contributed by atoms with Crippen LogP contribution in [0.4, 0.5) is 0 Å². The van der Waals surface area contributed by atoms with E-state index in [-0.39, 0.29) is 6.04 Å². The Kier molecular flexibility index (Phi) is 3.06. The van der Waals surface area contributed by atoms with Crippen LogP contribution in [0.15, 0.2) is 6.07 Å². The van der Waals surface area contributed by atoms with Crippen molar-refractivity contribution in [1.82, 2.24) is 15.2 Å². The number of aromatic nitrogens is 2. The minimum Gasteiger partial charge on any atom is -0.273 e. The molecule has 3 N–H and O–H groups in total. The van der Waals surface area contributed by atoms with Gasteiger partial charge in [0.25, 0.3) is 0 Å². The molecule has 0 aliphatic heterocycles. The number of nitrogens with zero attached hydrogens (tertiary/aromatic N) is 2. The number of nitrogens with one attached hydrogen (secondary N) is 1. The molecule has 0 fully saturated rings. The molecule has 1 rings (SSSR count). The van der Waals surface area contributed by atoms with Gasteiger partial charge in [-0.3, -0.25) is 16.0 Å². The molecule has 0 radical (unpaired) electrons. The molecule has 1 unspecified atom stereocenters. The van der Waals surface area contributed by atoms with Gasteiger partial charge >= 0.3 is 0 Å². The van der Waals surface area contributed by atoms with Gasteiger partial charge in [-0.05, 0) is 18.9 Å². The van der Waals surface area contributed by atoms with Crippen LogP contribution < -0.4 is 11.3 Å². The van der Waals surface area contributed by atoms with E-state index in [1.807, 2.05) is 18.7 Å². The first-order valence-electron chi connectivity index (χ1n) is 4.53. The van der Waals surface area contributed by atoms with Crippen LogP contribution >= 0.6 is 0 Å². The third-order valence-corrected chi connectivity index (χ3v) is 2.30. The zero-order valence-corrected chi connectivity index (χ0v) is 8.70. The van der Waals surface area contributed by atoms with Crippen molar-refractivity contribution in [3.8, 4) is 0 Å². The summed E-state index contributed by atoms with van der Waals surface area (Å²) in [5.74, 6) is 5.91. The van der Waals surface area contributed by atoms with Crippen molar-refractivity contribution in [2.24, 2.45) is 18.8 Å². The molecule has 4 nitrogen and oxygen atoms in total. The van der Waals surface area contributed by atoms with Crippen molar-refractivity contribution < 1.29 is 0 Å². The standard InChI is InChI=1S/C9H18N4/c1-6(2)9(11-10)8-5-7(3)13(4)12-8/h5-6,9,11H,10H2,1-4H3. The number of rotatable bonds is 3. The Morgan fingerprint density at radius 1 is 1.54 bits per heavy atom. The van der Waals surface area contributed by atoms with E-state index in [0.29, 0.717) is 5.92 Å². The van der Waals surface area contributed by atoms with E-state index in [1.165, 1.54) is 0 Å². The lowest BCUT2D eigenvalue weighted by atomic mass is 10.0. The Morgan fingerprint density at radius 2 is 2.15 bits per heavy atom. The molecule has 0 aliphatic rings. The normalized spacial score (nSPS) is 13.7. The van der Waals surface area contributed by atoms with Crippen LogP contribution in [0.1, 0.15) is 31.3 Å². The topological polar surface area (TPSA) is 55.9 Å². The van der Waals surface area contributed by atoms with Crippen LogP contribution in [0.5, 0.6) is 0 Å². The van der Waals surface area contributed by atoms with E-state index in [1.54, 1.807) is 0 Å². The summed E-state index contributed by atoms with van der Waals surface area (Å²) in [6.07, 6.45) is 0. The molecule has 1 atom stereocenters. The van der Waals surface area contributed by atoms with Gasteiger partial charge in [0.1, 0.15) is 0 Å². The maximum absolute atomic E-state index is 5.47. The van der Waals surface area contributed by atoms with E-state index in [2.05, 4.69) is 30.4 Å². The molecule has 1 aromatic rings. The highest BCUT2D eigenvalue weighted by atomic mass is 15.3. The van der Waals surface area contributed by atoms with Gasteiger partial charge in [0.15, 0.2) is 0 Å². The van der Waals surface area contributed by atoms with Crippen LogP contribution in [-0.4, -0.2) is 9.78 Å². The van der Waals surface area contributed by atoms with E-state index >= 15 is 0 Å². The molecule has 0 aliphatic carbocycles. The molecule has 1 aromatic heterocycles. The fourth-order valence-electron chi connectivity index (χ4n) is 1.36. The van der Waals surface area contributed by atoms with E-state index in [0.717, 1.165) is 11.4 Å². The lowest BCUT2D eigenvalue weighted by Crippen LogP contribution is -2.31. The van der Waals surface area contributed by atoms with Gasteiger partial charge in [-0.1, -0.05) is 13.8 Å². The maximum Gasteiger partial charge on any atom is 0.0812 e. The molecule has 0 saturated heterocycles. The summed E-state index contributed by atoms with van der Waals surface area (Å²) in [6.45, 7) is 6.27. The summed E-state index contributed by atoms with van der Waals surface area (Å²) in [4.78, 5) is 0. The fourth-order valence-corrected chi connectivity index (χ4v) is 1.36. The van der Waals surface area contributed by atoms with Crippen molar-refractivity contribution in [3.63, 3.8) is 0 Å². The molecule has 13 heavy (non-hydrogen) atoms. The molecular formula is C9H18N4. The first-order valence-corrected chi connectivity index (χ1v) is 4.53. The van der Waals surface area contributed by atoms with Crippen LogP contribution in [0.2, 0.25) is 0 Å². The lowest BCUT2D eigenvalue weighted by molar-refractivity contribution is 0.408. The van der Waals surface area contributed by atoms with Crippen molar-refractivity contribution in [3.05, 3.63) is 17.5 Å². The van der Waals surface area contributed by atoms with E-state index in [4.69, 9.17) is 5.84 Å². The van der Waals surface area contributed by atoms with Gasteiger partial charge < -0.3 is 0 Å². The number of hydrogen-bond acceptors (Lipinski definition) is 3. The van der Waals surface area contributed by atoms with Crippen LogP contribution in [-0.2, 0) is 7.05 Å². The highest BCUT2D eigenvalue weighted by Crippen LogP contribution is 2.19. The van der Waals surface area contributed by atoms with Crippen LogP contribution in [0.3, 0.4) is 0 Å². The first kappa shape index (κ1) is 10.2. The summed E-state index contributed by atoms with van der Waals surface area (Å²) in [7, 11) is 1.94. The molecule has 0 spiro atoms. The van der Waals surface area contributed by atoms with E-state index < -0.39 is 0 Å². The predicted octanol–water partition coefficient (Wildman–Crippen LogP) is 0.889. The Morgan fingerprint density at radius 3 is 2.46 bits per heavy atom. The van der Waals surface area contributed by atoms with Gasteiger partial charge in [-0.25, -0.2) is 0 Å². The van der Waals surface area contributed by atoms with Crippen molar-refractivity contribution >= 4 is 0 Å². The van der Waals surface area contributed by atoms with Gasteiger partial charge in [0, 0.05) is 12.7 Å². The second-order valence-corrected chi connectivity index (χ2v) is 3.72. The number of hydrazine groups is 1. The van der Waals surface area contributed by atoms with Crippen molar-refractivity contribution in [2.75, 3.05) is 0 Å². The maximum atomic E-state index is 5.47. The zero-order valence-electron chi connectivity index (χ0n) is 8.70. The molecule has 1 heterocycles. The fraction of sp³-hybridized carbons (Fsp3) is 0.667. The second kappa shape index (κ2) is 3.89. The highest BCUT2D eigenvalue weighted by Gasteiger charge is 2.17. The minimum atomic E-state index is 0.139. The monoisotopic (exact) mass is 182 g/mol. The first-order chi connectivity index (χ1) is 6.06. The van der Waals surface area contributed by atoms with Crippen molar-refractivity contribution in [2.45, 2.75) is 26.8 Å². The number of aryl methyl sites for hydroxylation is 2. The quantitative estimate of drug-likeness (QED) is 0.539. The summed E-state index contributed by atoms with van der Waals surface area (Å²) in [5, 5.41) is 4.38. The average molecular weight is 182 g/mol. The minimum absolute atomic E-state index is 0.139. The third kappa shape index (κ3) is 2.08. The Balaban J connectivity index is 2.92. The van der Waals surface area contributed by atoms with E-state index in [9.17, 15) is 0 Å². The molecule has 0 bridgehead atoms. The second-order valence-electron chi connectivity index (χ2n) is 3.72. The van der Waals surface area contributed by atoms with Crippen LogP contribution in [0, 0.1) is 12.8 Å². The van der Waals surface area contributed by atoms with Gasteiger partial charge in [-0.15, -0.1) is 0 Å². The lowest BCUT2D eigenvalue weighted by Gasteiger charge is -2.16.